The summed E-state index contributed by atoms with van der Waals surface area (Å²) in [5, 5.41) is 3.60. The molecule has 138 valence electrons. The van der Waals surface area contributed by atoms with Crippen molar-refractivity contribution in [2.45, 2.75) is 24.0 Å². The highest BCUT2D eigenvalue weighted by atomic mass is 32.2. The zero-order valence-electron chi connectivity index (χ0n) is 14.3. The molecule has 26 heavy (non-hydrogen) atoms. The first-order valence-electron chi connectivity index (χ1n) is 7.74. The van der Waals surface area contributed by atoms with E-state index in [4.69, 9.17) is 0 Å². The minimum Gasteiger partial charge on any atom is -0.353 e. The highest BCUT2D eigenvalue weighted by molar-refractivity contribution is 7.98. The van der Waals surface area contributed by atoms with Gasteiger partial charge in [-0.25, -0.2) is 18.7 Å². The second-order valence-electron chi connectivity index (χ2n) is 5.83. The third-order valence-corrected chi connectivity index (χ3v) is 5.54. The summed E-state index contributed by atoms with van der Waals surface area (Å²) in [7, 11) is 3.83. The predicted octanol–water partition coefficient (Wildman–Crippen LogP) is 3.27. The second-order valence-corrected chi connectivity index (χ2v) is 7.76. The van der Waals surface area contributed by atoms with Gasteiger partial charge >= 0.3 is 4.87 Å². The quantitative estimate of drug-likeness (QED) is 0.378. The van der Waals surface area contributed by atoms with Gasteiger partial charge in [-0.3, -0.25) is 14.7 Å². The summed E-state index contributed by atoms with van der Waals surface area (Å²) in [5.74, 6) is -1.05. The normalized spacial score (nSPS) is 12.7. The average molecular weight is 397 g/mol. The Balaban J connectivity index is 1.91. The molecule has 0 amide bonds. The topological polar surface area (TPSA) is 73.9 Å². The van der Waals surface area contributed by atoms with Crippen molar-refractivity contribution in [1.82, 2.24) is 19.9 Å². The Labute approximate surface area is 156 Å². The van der Waals surface area contributed by atoms with Crippen LogP contribution in [-0.4, -0.2) is 40.1 Å². The van der Waals surface area contributed by atoms with Gasteiger partial charge < -0.3 is 5.32 Å². The number of benzene rings is 1. The Morgan fingerprint density at radius 1 is 1.35 bits per heavy atom. The van der Waals surface area contributed by atoms with E-state index in [-0.39, 0.29) is 22.4 Å². The van der Waals surface area contributed by atoms with Crippen LogP contribution in [0.2, 0.25) is 0 Å². The fraction of sp³-hybridized carbons (Fsp3) is 0.312. The molecule has 0 saturated carbocycles. The van der Waals surface area contributed by atoms with Crippen molar-refractivity contribution in [1.29, 1.82) is 0 Å². The molecule has 0 aliphatic carbocycles. The van der Waals surface area contributed by atoms with Crippen LogP contribution in [0.1, 0.15) is 12.5 Å². The van der Waals surface area contributed by atoms with E-state index in [0.717, 1.165) is 17.4 Å². The molecule has 0 fully saturated rings. The van der Waals surface area contributed by atoms with Crippen molar-refractivity contribution in [2.75, 3.05) is 19.4 Å². The summed E-state index contributed by atoms with van der Waals surface area (Å²) < 4.78 is 27.8. The van der Waals surface area contributed by atoms with Crippen LogP contribution in [0.25, 0.3) is 10.3 Å². The van der Waals surface area contributed by atoms with Crippen molar-refractivity contribution < 1.29 is 8.78 Å². The van der Waals surface area contributed by atoms with Gasteiger partial charge in [0.25, 0.3) is 0 Å². The van der Waals surface area contributed by atoms with E-state index in [9.17, 15) is 13.6 Å². The van der Waals surface area contributed by atoms with Crippen LogP contribution in [0.15, 0.2) is 28.2 Å². The molecule has 2 N–H and O–H groups in total. The molecule has 0 saturated heterocycles. The number of rotatable bonds is 6. The van der Waals surface area contributed by atoms with Crippen LogP contribution in [0.5, 0.6) is 0 Å². The van der Waals surface area contributed by atoms with Crippen molar-refractivity contribution in [3.63, 3.8) is 0 Å². The number of thioether (sulfide) groups is 1. The first kappa shape index (κ1) is 18.7. The van der Waals surface area contributed by atoms with Gasteiger partial charge in [-0.2, -0.15) is 0 Å². The average Bonchev–Trinajstić information content (AvgIpc) is 2.96. The van der Waals surface area contributed by atoms with E-state index < -0.39 is 11.6 Å². The number of anilines is 1. The maximum Gasteiger partial charge on any atom is 0.306 e. The number of nitrogens with one attached hydrogen (secondary N) is 2. The van der Waals surface area contributed by atoms with Crippen LogP contribution in [-0.2, 0) is 5.75 Å². The summed E-state index contributed by atoms with van der Waals surface area (Å²) in [6, 6.07) is 4.05. The number of aromatic nitrogens is 3. The predicted molar refractivity (Wildman–Crippen MR) is 101 cm³/mol. The van der Waals surface area contributed by atoms with Gasteiger partial charge in [0, 0.05) is 11.3 Å². The van der Waals surface area contributed by atoms with E-state index in [1.807, 2.05) is 25.9 Å². The van der Waals surface area contributed by atoms with Gasteiger partial charge in [0.1, 0.15) is 4.70 Å². The largest absolute Gasteiger partial charge is 0.353 e. The number of fused-ring (bicyclic) bond motifs is 1. The Morgan fingerprint density at radius 2 is 2.12 bits per heavy atom. The summed E-state index contributed by atoms with van der Waals surface area (Å²) in [5.41, 5.74) is 0.652. The van der Waals surface area contributed by atoms with E-state index in [0.29, 0.717) is 21.3 Å². The molecule has 10 heteroatoms. The lowest BCUT2D eigenvalue weighted by atomic mass is 10.2. The van der Waals surface area contributed by atoms with Crippen LogP contribution < -0.4 is 10.2 Å². The number of H-pyrrole nitrogens is 1. The Morgan fingerprint density at radius 3 is 2.85 bits per heavy atom. The number of thiazole rings is 1. The molecule has 0 bridgehead atoms. The molecule has 6 nitrogen and oxygen atoms in total. The molecule has 0 spiro atoms. The summed E-state index contributed by atoms with van der Waals surface area (Å²) >= 11 is 2.19. The number of hydrogen-bond donors (Lipinski definition) is 2. The van der Waals surface area contributed by atoms with E-state index in [1.165, 1.54) is 23.9 Å². The lowest BCUT2D eigenvalue weighted by Gasteiger charge is -2.21. The number of halogens is 2. The van der Waals surface area contributed by atoms with E-state index in [2.05, 4.69) is 20.3 Å². The third-order valence-electron chi connectivity index (χ3n) is 3.77. The zero-order valence-corrected chi connectivity index (χ0v) is 16.0. The zero-order chi connectivity index (χ0) is 18.8. The first-order chi connectivity index (χ1) is 12.3. The molecule has 0 aliphatic rings. The Bertz CT molecular complexity index is 988. The lowest BCUT2D eigenvalue weighted by Crippen LogP contribution is -2.32. The summed E-state index contributed by atoms with van der Waals surface area (Å²) in [4.78, 5) is 24.9. The SMILES string of the molecule is CC(Nc1nc(SCc2cccc(F)c2F)nc2[nH]c(=O)sc12)N(C)C. The van der Waals surface area contributed by atoms with Crippen LogP contribution >= 0.6 is 23.1 Å². The van der Waals surface area contributed by atoms with Gasteiger partial charge in [-0.15, -0.1) is 0 Å². The smallest absolute Gasteiger partial charge is 0.306 e. The highest BCUT2D eigenvalue weighted by Gasteiger charge is 2.16. The fourth-order valence-corrected chi connectivity index (χ4v) is 3.66. The lowest BCUT2D eigenvalue weighted by molar-refractivity contribution is 0.343. The van der Waals surface area contributed by atoms with Gasteiger partial charge in [-0.05, 0) is 27.1 Å². The van der Waals surface area contributed by atoms with Gasteiger partial charge in [0.2, 0.25) is 0 Å². The van der Waals surface area contributed by atoms with Crippen molar-refractivity contribution in [3.8, 4) is 0 Å². The maximum absolute atomic E-state index is 13.8. The molecule has 0 aliphatic heterocycles. The molecule has 2 heterocycles. The van der Waals surface area contributed by atoms with Crippen LogP contribution in [0.4, 0.5) is 14.6 Å². The minimum atomic E-state index is -0.885. The first-order valence-corrected chi connectivity index (χ1v) is 9.55. The fourth-order valence-electron chi connectivity index (χ4n) is 2.12. The Hall–Kier alpha value is -2.04. The molecule has 1 aromatic carbocycles. The summed E-state index contributed by atoms with van der Waals surface area (Å²) in [6.45, 7) is 1.96. The molecule has 2 aromatic heterocycles. The van der Waals surface area contributed by atoms with Gasteiger partial charge in [0.15, 0.2) is 28.3 Å². The molecule has 0 radical (unpaired) electrons. The molecule has 1 atom stereocenters. The third kappa shape index (κ3) is 4.02. The molecular weight excluding hydrogens is 380 g/mol. The minimum absolute atomic E-state index is 0.0242. The van der Waals surface area contributed by atoms with Crippen molar-refractivity contribution in [3.05, 3.63) is 45.1 Å². The molecular formula is C16H17F2N5OS2. The van der Waals surface area contributed by atoms with Gasteiger partial charge in [-0.1, -0.05) is 35.2 Å². The Kier molecular flexibility index (Phi) is 5.54. The number of nitrogens with zero attached hydrogens (tertiary/aromatic N) is 3. The maximum atomic E-state index is 13.8. The van der Waals surface area contributed by atoms with Crippen molar-refractivity contribution in [2.24, 2.45) is 0 Å². The standard InChI is InChI=1S/C16H17F2N5OS2/c1-8(23(2)3)19-13-12-14(22-16(24)26-12)21-15(20-13)25-7-9-5-4-6-10(17)11(9)18/h4-6,8H,7H2,1-3H3,(H2,19,20,21,22,24). The van der Waals surface area contributed by atoms with Gasteiger partial charge in [0.05, 0.1) is 6.17 Å². The molecule has 3 aromatic rings. The van der Waals surface area contributed by atoms with E-state index >= 15 is 0 Å². The second kappa shape index (κ2) is 7.68. The summed E-state index contributed by atoms with van der Waals surface area (Å²) in [6.07, 6.45) is -0.0242. The van der Waals surface area contributed by atoms with Crippen LogP contribution in [0, 0.1) is 11.6 Å². The molecule has 1 unspecified atom stereocenters. The molecule has 3 rings (SSSR count). The number of aromatic amines is 1. The van der Waals surface area contributed by atoms with E-state index in [1.54, 1.807) is 0 Å². The van der Waals surface area contributed by atoms with Crippen LogP contribution in [0.3, 0.4) is 0 Å². The highest BCUT2D eigenvalue weighted by Crippen LogP contribution is 2.28. The van der Waals surface area contributed by atoms with Crippen molar-refractivity contribution >= 4 is 39.3 Å². The number of hydrogen-bond acceptors (Lipinski definition) is 7. The monoisotopic (exact) mass is 397 g/mol.